The van der Waals surface area contributed by atoms with Crippen molar-refractivity contribution >= 4 is 10.0 Å². The molecule has 1 saturated carbocycles. The number of nitrogens with zero attached hydrogens (tertiary/aromatic N) is 2. The van der Waals surface area contributed by atoms with Gasteiger partial charge in [0.15, 0.2) is 0 Å². The molecule has 2 N–H and O–H groups in total. The largest absolute Gasteiger partial charge is 0.408 e. The van der Waals surface area contributed by atoms with Gasteiger partial charge in [-0.3, -0.25) is 4.68 Å². The molecule has 0 atom stereocenters. The third-order valence-corrected chi connectivity index (χ3v) is 5.38. The first-order chi connectivity index (χ1) is 11.3. The summed E-state index contributed by atoms with van der Waals surface area (Å²) in [5, 5.41) is 6.77. The summed E-state index contributed by atoms with van der Waals surface area (Å²) in [5.41, 5.74) is 0. The molecule has 6 nitrogen and oxygen atoms in total. The van der Waals surface area contributed by atoms with E-state index in [9.17, 15) is 21.6 Å². The number of alkyl halides is 3. The van der Waals surface area contributed by atoms with Crippen molar-refractivity contribution < 1.29 is 21.6 Å². The maximum absolute atomic E-state index is 12.3. The zero-order valence-corrected chi connectivity index (χ0v) is 14.2. The topological polar surface area (TPSA) is 76.0 Å². The maximum atomic E-state index is 12.3. The average molecular weight is 368 g/mol. The van der Waals surface area contributed by atoms with E-state index < -0.39 is 22.7 Å². The summed E-state index contributed by atoms with van der Waals surface area (Å²) in [6.45, 7) is -0.643. The van der Waals surface area contributed by atoms with Crippen LogP contribution in [0.1, 0.15) is 38.5 Å². The first-order valence-corrected chi connectivity index (χ1v) is 9.57. The van der Waals surface area contributed by atoms with Gasteiger partial charge in [0.25, 0.3) is 0 Å². The van der Waals surface area contributed by atoms with Crippen LogP contribution >= 0.6 is 0 Å². The zero-order valence-electron chi connectivity index (χ0n) is 13.3. The zero-order chi connectivity index (χ0) is 17.6. The highest BCUT2D eigenvalue weighted by Gasteiger charge is 2.29. The molecule has 138 valence electrons. The van der Waals surface area contributed by atoms with Gasteiger partial charge < -0.3 is 5.32 Å². The molecule has 1 aliphatic carbocycles. The number of halogens is 3. The van der Waals surface area contributed by atoms with E-state index in [4.69, 9.17) is 0 Å². The van der Waals surface area contributed by atoms with Gasteiger partial charge in [-0.25, -0.2) is 13.1 Å². The second-order valence-corrected chi connectivity index (χ2v) is 7.80. The van der Waals surface area contributed by atoms with Gasteiger partial charge in [0.05, 0.1) is 6.20 Å². The molecule has 1 heterocycles. The predicted molar refractivity (Wildman–Crippen MR) is 83.0 cm³/mol. The van der Waals surface area contributed by atoms with E-state index in [1.165, 1.54) is 25.7 Å². The molecule has 0 amide bonds. The smallest absolute Gasteiger partial charge is 0.313 e. The molecule has 0 bridgehead atoms. The summed E-state index contributed by atoms with van der Waals surface area (Å²) < 4.78 is 63.8. The fourth-order valence-corrected chi connectivity index (χ4v) is 3.77. The quantitative estimate of drug-likeness (QED) is 0.570. The standard InChI is InChI=1S/C14H23F3N4O2S/c15-14(16,17)11-21-10-13(9-19-21)24(22,23)20-8-7-18-12-5-3-1-2-4-6-12/h9-10,12,18,20H,1-8,11H2. The van der Waals surface area contributed by atoms with Crippen molar-refractivity contribution in [1.29, 1.82) is 0 Å². The van der Waals surface area contributed by atoms with Crippen molar-refractivity contribution in [2.75, 3.05) is 13.1 Å². The van der Waals surface area contributed by atoms with Crippen LogP contribution in [0.25, 0.3) is 0 Å². The summed E-state index contributed by atoms with van der Waals surface area (Å²) in [7, 11) is -3.85. The Bertz CT molecular complexity index is 608. The van der Waals surface area contributed by atoms with Crippen molar-refractivity contribution in [3.05, 3.63) is 12.4 Å². The molecular weight excluding hydrogens is 345 g/mol. The third kappa shape index (κ3) is 6.40. The van der Waals surface area contributed by atoms with Crippen LogP contribution < -0.4 is 10.0 Å². The summed E-state index contributed by atoms with van der Waals surface area (Å²) in [6, 6.07) is 0.409. The minimum Gasteiger partial charge on any atom is -0.313 e. The number of nitrogens with one attached hydrogen (secondary N) is 2. The lowest BCUT2D eigenvalue weighted by molar-refractivity contribution is -0.142. The molecule has 0 spiro atoms. The molecule has 24 heavy (non-hydrogen) atoms. The van der Waals surface area contributed by atoms with Crippen LogP contribution in [0.15, 0.2) is 17.3 Å². The lowest BCUT2D eigenvalue weighted by atomic mass is 10.1. The van der Waals surface area contributed by atoms with Crippen molar-refractivity contribution in [3.63, 3.8) is 0 Å². The van der Waals surface area contributed by atoms with E-state index >= 15 is 0 Å². The van der Waals surface area contributed by atoms with E-state index in [0.29, 0.717) is 17.3 Å². The van der Waals surface area contributed by atoms with Crippen molar-refractivity contribution in [2.24, 2.45) is 0 Å². The Morgan fingerprint density at radius 2 is 1.83 bits per heavy atom. The first kappa shape index (κ1) is 19.2. The Balaban J connectivity index is 1.78. The summed E-state index contributed by atoms with van der Waals surface area (Å²) in [6.07, 6.45) is 4.40. The highest BCUT2D eigenvalue weighted by atomic mass is 32.2. The van der Waals surface area contributed by atoms with Crippen LogP contribution in [0.5, 0.6) is 0 Å². The van der Waals surface area contributed by atoms with E-state index in [1.54, 1.807) is 0 Å². The van der Waals surface area contributed by atoms with Gasteiger partial charge in [-0.1, -0.05) is 25.7 Å². The fourth-order valence-electron chi connectivity index (χ4n) is 2.78. The van der Waals surface area contributed by atoms with E-state index in [0.717, 1.165) is 25.2 Å². The average Bonchev–Trinajstić information content (AvgIpc) is 2.78. The third-order valence-electron chi connectivity index (χ3n) is 3.97. The van der Waals surface area contributed by atoms with Crippen LogP contribution in [0, 0.1) is 0 Å². The predicted octanol–water partition coefficient (Wildman–Crippen LogP) is 2.04. The second-order valence-electron chi connectivity index (χ2n) is 6.03. The van der Waals surface area contributed by atoms with Crippen LogP contribution in [0.3, 0.4) is 0 Å². The molecule has 0 saturated heterocycles. The SMILES string of the molecule is O=S(=O)(NCCNC1CCCCCC1)c1cnn(CC(F)(F)F)c1. The Morgan fingerprint density at radius 3 is 2.46 bits per heavy atom. The summed E-state index contributed by atoms with van der Waals surface area (Å²) in [4.78, 5) is -0.263. The lowest BCUT2D eigenvalue weighted by Gasteiger charge is -2.16. The van der Waals surface area contributed by atoms with Gasteiger partial charge in [0.2, 0.25) is 10.0 Å². The molecule has 0 radical (unpaired) electrons. The Labute approximate surface area is 139 Å². The first-order valence-electron chi connectivity index (χ1n) is 8.08. The summed E-state index contributed by atoms with van der Waals surface area (Å²) >= 11 is 0. The molecule has 1 aliphatic rings. The molecule has 0 aliphatic heterocycles. The Hall–Kier alpha value is -1.13. The number of rotatable bonds is 7. The number of hydrogen-bond acceptors (Lipinski definition) is 4. The van der Waals surface area contributed by atoms with Gasteiger partial charge in [0.1, 0.15) is 11.4 Å². The molecule has 1 aromatic heterocycles. The fraction of sp³-hybridized carbons (Fsp3) is 0.786. The highest BCUT2D eigenvalue weighted by Crippen LogP contribution is 2.18. The number of aromatic nitrogens is 2. The van der Waals surface area contributed by atoms with Gasteiger partial charge in [-0.15, -0.1) is 0 Å². The summed E-state index contributed by atoms with van der Waals surface area (Å²) in [5.74, 6) is 0. The van der Waals surface area contributed by atoms with E-state index in [2.05, 4.69) is 15.1 Å². The molecule has 0 aromatic carbocycles. The normalized spacial score (nSPS) is 17.8. The molecule has 2 rings (SSSR count). The van der Waals surface area contributed by atoms with Crippen LogP contribution in [0.4, 0.5) is 13.2 Å². The van der Waals surface area contributed by atoms with Crippen LogP contribution in [0.2, 0.25) is 0 Å². The molecule has 0 unspecified atom stereocenters. The van der Waals surface area contributed by atoms with Gasteiger partial charge in [-0.05, 0) is 12.8 Å². The minimum atomic E-state index is -4.44. The lowest BCUT2D eigenvalue weighted by Crippen LogP contribution is -2.36. The van der Waals surface area contributed by atoms with Gasteiger partial charge in [0, 0.05) is 25.3 Å². The van der Waals surface area contributed by atoms with Gasteiger partial charge >= 0.3 is 6.18 Å². The van der Waals surface area contributed by atoms with Crippen molar-refractivity contribution in [1.82, 2.24) is 19.8 Å². The number of hydrogen-bond donors (Lipinski definition) is 2. The minimum absolute atomic E-state index is 0.184. The Kier molecular flexibility index (Phi) is 6.64. The van der Waals surface area contributed by atoms with Crippen LogP contribution in [-0.4, -0.2) is 43.5 Å². The molecular formula is C14H23F3N4O2S. The molecule has 1 fully saturated rings. The Morgan fingerprint density at radius 1 is 1.17 bits per heavy atom. The van der Waals surface area contributed by atoms with Crippen LogP contribution in [-0.2, 0) is 16.6 Å². The van der Waals surface area contributed by atoms with E-state index in [1.807, 2.05) is 0 Å². The van der Waals surface area contributed by atoms with E-state index in [-0.39, 0.29) is 11.4 Å². The molecule has 10 heteroatoms. The van der Waals surface area contributed by atoms with Gasteiger partial charge in [-0.2, -0.15) is 18.3 Å². The number of sulfonamides is 1. The van der Waals surface area contributed by atoms with Crippen molar-refractivity contribution in [3.8, 4) is 0 Å². The monoisotopic (exact) mass is 368 g/mol. The van der Waals surface area contributed by atoms with Crippen molar-refractivity contribution in [2.45, 2.75) is 62.2 Å². The highest BCUT2D eigenvalue weighted by molar-refractivity contribution is 7.89. The molecule has 1 aromatic rings. The second kappa shape index (κ2) is 8.30. The maximum Gasteiger partial charge on any atom is 0.408 e.